The first-order chi connectivity index (χ1) is 6.11. The van der Waals surface area contributed by atoms with Crippen LogP contribution in [0.25, 0.3) is 0 Å². The second kappa shape index (κ2) is 7.34. The normalized spacial score (nSPS) is 14.1. The van der Waals surface area contributed by atoms with Gasteiger partial charge in [0.25, 0.3) is 0 Å². The Labute approximate surface area is 83.7 Å². The van der Waals surface area contributed by atoms with Crippen molar-refractivity contribution in [2.24, 2.45) is 5.92 Å². The molecule has 1 atom stereocenters. The first kappa shape index (κ1) is 12.9. The fourth-order valence-electron chi connectivity index (χ4n) is 1.23. The van der Waals surface area contributed by atoms with Gasteiger partial charge in [0.05, 0.1) is 0 Å². The molecule has 80 valence electrons. The summed E-state index contributed by atoms with van der Waals surface area (Å²) in [6.07, 6.45) is 0. The zero-order valence-electron chi connectivity index (χ0n) is 9.93. The minimum absolute atomic E-state index is 0.635. The number of rotatable bonds is 7. The molecular formula is C11H26N2. The Kier molecular flexibility index (Phi) is 7.29. The lowest BCUT2D eigenvalue weighted by Crippen LogP contribution is -2.38. The Morgan fingerprint density at radius 1 is 1.08 bits per heavy atom. The van der Waals surface area contributed by atoms with E-state index in [4.69, 9.17) is 0 Å². The lowest BCUT2D eigenvalue weighted by Gasteiger charge is -2.22. The summed E-state index contributed by atoms with van der Waals surface area (Å²) in [5.74, 6) is 0.733. The quantitative estimate of drug-likeness (QED) is 0.654. The van der Waals surface area contributed by atoms with E-state index in [1.807, 2.05) is 0 Å². The van der Waals surface area contributed by atoms with Crippen LogP contribution in [0.1, 0.15) is 34.6 Å². The van der Waals surface area contributed by atoms with Gasteiger partial charge in [0.1, 0.15) is 0 Å². The Morgan fingerprint density at radius 2 is 1.62 bits per heavy atom. The lowest BCUT2D eigenvalue weighted by atomic mass is 10.1. The SMILES string of the molecule is CCN(CC)CCNC(C)C(C)C. The van der Waals surface area contributed by atoms with E-state index in [9.17, 15) is 0 Å². The number of likely N-dealkylation sites (N-methyl/N-ethyl adjacent to an activating group) is 1. The largest absolute Gasteiger partial charge is 0.313 e. The lowest BCUT2D eigenvalue weighted by molar-refractivity contribution is 0.290. The Hall–Kier alpha value is -0.0800. The third kappa shape index (κ3) is 6.05. The molecule has 0 aliphatic heterocycles. The molecule has 0 fully saturated rings. The Morgan fingerprint density at radius 3 is 2.00 bits per heavy atom. The molecule has 0 aliphatic carbocycles. The van der Waals surface area contributed by atoms with Crippen LogP contribution in [0.4, 0.5) is 0 Å². The molecule has 0 amide bonds. The highest BCUT2D eigenvalue weighted by Crippen LogP contribution is 1.98. The summed E-state index contributed by atoms with van der Waals surface area (Å²) in [6.45, 7) is 15.8. The van der Waals surface area contributed by atoms with Gasteiger partial charge in [0, 0.05) is 19.1 Å². The zero-order chi connectivity index (χ0) is 10.3. The van der Waals surface area contributed by atoms with Crippen LogP contribution in [0, 0.1) is 5.92 Å². The van der Waals surface area contributed by atoms with Crippen molar-refractivity contribution >= 4 is 0 Å². The molecule has 0 saturated heterocycles. The first-order valence-corrected chi connectivity index (χ1v) is 5.57. The molecule has 0 spiro atoms. The van der Waals surface area contributed by atoms with Gasteiger partial charge in [0.2, 0.25) is 0 Å². The monoisotopic (exact) mass is 186 g/mol. The number of nitrogens with one attached hydrogen (secondary N) is 1. The minimum atomic E-state index is 0.635. The molecule has 0 bridgehead atoms. The smallest absolute Gasteiger partial charge is 0.0107 e. The number of hydrogen-bond donors (Lipinski definition) is 1. The fraction of sp³-hybridized carbons (Fsp3) is 1.00. The Balaban J connectivity index is 3.43. The van der Waals surface area contributed by atoms with E-state index in [1.165, 1.54) is 6.54 Å². The van der Waals surface area contributed by atoms with Gasteiger partial charge in [-0.05, 0) is 25.9 Å². The molecule has 13 heavy (non-hydrogen) atoms. The van der Waals surface area contributed by atoms with Crippen LogP contribution in [0.3, 0.4) is 0 Å². The van der Waals surface area contributed by atoms with Gasteiger partial charge in [-0.25, -0.2) is 0 Å². The van der Waals surface area contributed by atoms with Crippen LogP contribution in [0.2, 0.25) is 0 Å². The molecule has 0 saturated carbocycles. The highest BCUT2D eigenvalue weighted by molar-refractivity contribution is 4.65. The molecule has 0 heterocycles. The predicted molar refractivity (Wildman–Crippen MR) is 60.1 cm³/mol. The van der Waals surface area contributed by atoms with Crippen LogP contribution in [0.5, 0.6) is 0 Å². The molecule has 0 aromatic heterocycles. The topological polar surface area (TPSA) is 15.3 Å². The zero-order valence-corrected chi connectivity index (χ0v) is 9.93. The van der Waals surface area contributed by atoms with Gasteiger partial charge < -0.3 is 10.2 Å². The summed E-state index contributed by atoms with van der Waals surface area (Å²) in [5, 5.41) is 3.54. The van der Waals surface area contributed by atoms with Crippen LogP contribution in [-0.4, -0.2) is 37.1 Å². The summed E-state index contributed by atoms with van der Waals surface area (Å²) in [5.41, 5.74) is 0. The summed E-state index contributed by atoms with van der Waals surface area (Å²) >= 11 is 0. The van der Waals surface area contributed by atoms with Gasteiger partial charge in [-0.15, -0.1) is 0 Å². The molecule has 0 aromatic carbocycles. The van der Waals surface area contributed by atoms with E-state index in [1.54, 1.807) is 0 Å². The van der Waals surface area contributed by atoms with Gasteiger partial charge in [-0.3, -0.25) is 0 Å². The van der Waals surface area contributed by atoms with Crippen molar-refractivity contribution < 1.29 is 0 Å². The molecule has 0 aromatic rings. The molecular weight excluding hydrogens is 160 g/mol. The van der Waals surface area contributed by atoms with Crippen LogP contribution < -0.4 is 5.32 Å². The number of nitrogens with zero attached hydrogens (tertiary/aromatic N) is 1. The van der Waals surface area contributed by atoms with E-state index in [2.05, 4.69) is 44.8 Å². The van der Waals surface area contributed by atoms with Crippen molar-refractivity contribution in [1.82, 2.24) is 10.2 Å². The van der Waals surface area contributed by atoms with Crippen molar-refractivity contribution in [2.75, 3.05) is 26.2 Å². The van der Waals surface area contributed by atoms with Crippen molar-refractivity contribution in [3.8, 4) is 0 Å². The molecule has 0 radical (unpaired) electrons. The molecule has 1 unspecified atom stereocenters. The minimum Gasteiger partial charge on any atom is -0.313 e. The van der Waals surface area contributed by atoms with Gasteiger partial charge >= 0.3 is 0 Å². The summed E-state index contributed by atoms with van der Waals surface area (Å²) in [6, 6.07) is 0.635. The van der Waals surface area contributed by atoms with Crippen LogP contribution in [-0.2, 0) is 0 Å². The molecule has 1 N–H and O–H groups in total. The van der Waals surface area contributed by atoms with E-state index in [0.29, 0.717) is 6.04 Å². The second-order valence-electron chi connectivity index (χ2n) is 4.01. The van der Waals surface area contributed by atoms with E-state index >= 15 is 0 Å². The van der Waals surface area contributed by atoms with Crippen molar-refractivity contribution in [2.45, 2.75) is 40.7 Å². The molecule has 2 nitrogen and oxygen atoms in total. The van der Waals surface area contributed by atoms with Gasteiger partial charge in [-0.2, -0.15) is 0 Å². The predicted octanol–water partition coefficient (Wildman–Crippen LogP) is 1.96. The Bertz CT molecular complexity index is 107. The maximum Gasteiger partial charge on any atom is 0.0107 e. The fourth-order valence-corrected chi connectivity index (χ4v) is 1.23. The van der Waals surface area contributed by atoms with Gasteiger partial charge in [0.15, 0.2) is 0 Å². The average molecular weight is 186 g/mol. The van der Waals surface area contributed by atoms with E-state index < -0.39 is 0 Å². The maximum absolute atomic E-state index is 3.54. The third-order valence-electron chi connectivity index (χ3n) is 2.79. The maximum atomic E-state index is 3.54. The standard InChI is InChI=1S/C11H26N2/c1-6-13(7-2)9-8-12-11(5)10(3)4/h10-12H,6-9H2,1-5H3. The van der Waals surface area contributed by atoms with Crippen molar-refractivity contribution in [3.63, 3.8) is 0 Å². The summed E-state index contributed by atoms with van der Waals surface area (Å²) < 4.78 is 0. The van der Waals surface area contributed by atoms with Gasteiger partial charge in [-0.1, -0.05) is 27.7 Å². The van der Waals surface area contributed by atoms with Crippen molar-refractivity contribution in [3.05, 3.63) is 0 Å². The summed E-state index contributed by atoms with van der Waals surface area (Å²) in [7, 11) is 0. The van der Waals surface area contributed by atoms with Crippen LogP contribution >= 0.6 is 0 Å². The third-order valence-corrected chi connectivity index (χ3v) is 2.79. The molecule has 0 rings (SSSR count). The molecule has 0 aliphatic rings. The van der Waals surface area contributed by atoms with Crippen LogP contribution in [0.15, 0.2) is 0 Å². The van der Waals surface area contributed by atoms with Crippen molar-refractivity contribution in [1.29, 1.82) is 0 Å². The number of hydrogen-bond acceptors (Lipinski definition) is 2. The molecule has 2 heteroatoms. The second-order valence-corrected chi connectivity index (χ2v) is 4.01. The first-order valence-electron chi connectivity index (χ1n) is 5.57. The summed E-state index contributed by atoms with van der Waals surface area (Å²) in [4.78, 5) is 2.44. The van der Waals surface area contributed by atoms with E-state index in [-0.39, 0.29) is 0 Å². The highest BCUT2D eigenvalue weighted by atomic mass is 15.1. The average Bonchev–Trinajstić information content (AvgIpc) is 2.12. The highest BCUT2D eigenvalue weighted by Gasteiger charge is 2.05. The van der Waals surface area contributed by atoms with E-state index in [0.717, 1.165) is 25.6 Å².